The molecule has 0 spiro atoms. The van der Waals surface area contributed by atoms with E-state index in [2.05, 4.69) is 10.3 Å². The first kappa shape index (κ1) is 15.7. The minimum absolute atomic E-state index is 0.0746. The van der Waals surface area contributed by atoms with Gasteiger partial charge in [0.1, 0.15) is 5.75 Å². The average molecular weight is 318 g/mol. The van der Waals surface area contributed by atoms with Crippen LogP contribution >= 0.6 is 0 Å². The molecule has 0 aliphatic heterocycles. The number of ether oxygens (including phenoxy) is 1. The molecule has 0 fully saturated rings. The summed E-state index contributed by atoms with van der Waals surface area (Å²) in [5.41, 5.74) is 3.55. The highest BCUT2D eigenvalue weighted by Crippen LogP contribution is 2.18. The number of aromatic nitrogens is 1. The number of hydrogen-bond donors (Lipinski definition) is 1. The van der Waals surface area contributed by atoms with E-state index in [9.17, 15) is 4.79 Å². The lowest BCUT2D eigenvalue weighted by molar-refractivity contribution is -0.115. The summed E-state index contributed by atoms with van der Waals surface area (Å²) in [6.45, 7) is 0. The van der Waals surface area contributed by atoms with E-state index in [1.165, 1.54) is 0 Å². The maximum absolute atomic E-state index is 12.1. The molecule has 24 heavy (non-hydrogen) atoms. The molecule has 0 aliphatic carbocycles. The molecule has 0 saturated heterocycles. The molecular formula is C20H18N2O2. The number of pyridine rings is 1. The van der Waals surface area contributed by atoms with Gasteiger partial charge >= 0.3 is 0 Å². The second-order valence-electron chi connectivity index (χ2n) is 5.37. The van der Waals surface area contributed by atoms with Crippen molar-refractivity contribution < 1.29 is 9.53 Å². The first-order valence-corrected chi connectivity index (χ1v) is 7.69. The van der Waals surface area contributed by atoms with Crippen LogP contribution in [0.3, 0.4) is 0 Å². The van der Waals surface area contributed by atoms with Crippen LogP contribution in [0.15, 0.2) is 72.9 Å². The Labute approximate surface area is 141 Å². The highest BCUT2D eigenvalue weighted by Gasteiger charge is 2.05. The molecule has 0 atom stereocenters. The number of methoxy groups -OCH3 is 1. The lowest BCUT2D eigenvalue weighted by Gasteiger charge is -2.07. The Kier molecular flexibility index (Phi) is 4.87. The number of carbonyl (C=O) groups excluding carboxylic acids is 1. The van der Waals surface area contributed by atoms with E-state index in [-0.39, 0.29) is 5.91 Å². The van der Waals surface area contributed by atoms with E-state index in [4.69, 9.17) is 4.74 Å². The van der Waals surface area contributed by atoms with Gasteiger partial charge in [-0.15, -0.1) is 0 Å². The maximum Gasteiger partial charge on any atom is 0.228 e. The Morgan fingerprint density at radius 2 is 1.75 bits per heavy atom. The third-order valence-corrected chi connectivity index (χ3v) is 3.64. The minimum Gasteiger partial charge on any atom is -0.497 e. The molecule has 1 amide bonds. The Hall–Kier alpha value is -3.14. The number of nitrogens with one attached hydrogen (secondary N) is 1. The van der Waals surface area contributed by atoms with Crippen LogP contribution in [0.1, 0.15) is 5.56 Å². The van der Waals surface area contributed by atoms with Crippen molar-refractivity contribution in [1.82, 2.24) is 4.98 Å². The van der Waals surface area contributed by atoms with Gasteiger partial charge in [0.15, 0.2) is 0 Å². The van der Waals surface area contributed by atoms with Gasteiger partial charge in [-0.3, -0.25) is 9.78 Å². The van der Waals surface area contributed by atoms with Crippen LogP contribution in [0.5, 0.6) is 5.75 Å². The fourth-order valence-electron chi connectivity index (χ4n) is 2.38. The van der Waals surface area contributed by atoms with Gasteiger partial charge < -0.3 is 10.1 Å². The molecule has 0 saturated carbocycles. The number of carbonyl (C=O) groups is 1. The molecule has 4 nitrogen and oxygen atoms in total. The van der Waals surface area contributed by atoms with E-state index >= 15 is 0 Å². The number of anilines is 1. The van der Waals surface area contributed by atoms with E-state index in [1.807, 2.05) is 66.7 Å². The molecule has 120 valence electrons. The van der Waals surface area contributed by atoms with E-state index in [1.54, 1.807) is 13.3 Å². The van der Waals surface area contributed by atoms with E-state index in [0.717, 1.165) is 22.6 Å². The maximum atomic E-state index is 12.1. The quantitative estimate of drug-likeness (QED) is 0.775. The lowest BCUT2D eigenvalue weighted by atomic mass is 10.1. The minimum atomic E-state index is -0.0746. The van der Waals surface area contributed by atoms with Crippen molar-refractivity contribution in [3.05, 3.63) is 78.5 Å². The molecule has 1 aromatic heterocycles. The molecule has 4 heteroatoms. The molecule has 0 unspecified atom stereocenters. The van der Waals surface area contributed by atoms with Crippen LogP contribution in [-0.2, 0) is 11.2 Å². The van der Waals surface area contributed by atoms with Crippen molar-refractivity contribution in [2.45, 2.75) is 6.42 Å². The average Bonchev–Trinajstić information content (AvgIpc) is 2.64. The predicted molar refractivity (Wildman–Crippen MR) is 95.0 cm³/mol. The van der Waals surface area contributed by atoms with Gasteiger partial charge in [0.2, 0.25) is 5.91 Å². The second kappa shape index (κ2) is 7.42. The second-order valence-corrected chi connectivity index (χ2v) is 5.37. The molecule has 0 radical (unpaired) electrons. The van der Waals surface area contributed by atoms with Crippen LogP contribution in [0.2, 0.25) is 0 Å². The molecule has 3 aromatic rings. The summed E-state index contributed by atoms with van der Waals surface area (Å²) in [6, 6.07) is 21.1. The predicted octanol–water partition coefficient (Wildman–Crippen LogP) is 3.94. The highest BCUT2D eigenvalue weighted by molar-refractivity contribution is 5.92. The van der Waals surface area contributed by atoms with Gasteiger partial charge in [-0.2, -0.15) is 0 Å². The Morgan fingerprint density at radius 3 is 2.38 bits per heavy atom. The Bertz CT molecular complexity index is 797. The SMILES string of the molecule is COc1ccc(CC(=O)Nc2ccc(-c3ccccc3)nc2)cc1. The number of hydrogen-bond acceptors (Lipinski definition) is 3. The van der Waals surface area contributed by atoms with Gasteiger partial charge in [-0.1, -0.05) is 42.5 Å². The molecule has 1 N–H and O–H groups in total. The van der Waals surface area contributed by atoms with Crippen LogP contribution < -0.4 is 10.1 Å². The standard InChI is InChI=1S/C20H18N2O2/c1-24-18-10-7-15(8-11-18)13-20(23)22-17-9-12-19(21-14-17)16-5-3-2-4-6-16/h2-12,14H,13H2,1H3,(H,22,23). The molecule has 0 aliphatic rings. The third kappa shape index (κ3) is 3.98. The molecule has 0 bridgehead atoms. The summed E-state index contributed by atoms with van der Waals surface area (Å²) in [5.74, 6) is 0.703. The van der Waals surface area contributed by atoms with Gasteiger partial charge in [0.25, 0.3) is 0 Å². The van der Waals surface area contributed by atoms with E-state index in [0.29, 0.717) is 12.1 Å². The first-order chi connectivity index (χ1) is 11.7. The molecular weight excluding hydrogens is 300 g/mol. The summed E-state index contributed by atoms with van der Waals surface area (Å²) >= 11 is 0. The fraction of sp³-hybridized carbons (Fsp3) is 0.100. The van der Waals surface area contributed by atoms with Gasteiger partial charge in [-0.25, -0.2) is 0 Å². The largest absolute Gasteiger partial charge is 0.497 e. The number of amides is 1. The summed E-state index contributed by atoms with van der Waals surface area (Å²) in [6.07, 6.45) is 1.98. The van der Waals surface area contributed by atoms with Crippen molar-refractivity contribution in [3.63, 3.8) is 0 Å². The van der Waals surface area contributed by atoms with Crippen LogP contribution in [0, 0.1) is 0 Å². The first-order valence-electron chi connectivity index (χ1n) is 7.69. The van der Waals surface area contributed by atoms with Gasteiger partial charge in [0.05, 0.1) is 31.1 Å². The van der Waals surface area contributed by atoms with Crippen molar-refractivity contribution in [2.24, 2.45) is 0 Å². The fourth-order valence-corrected chi connectivity index (χ4v) is 2.38. The Balaban J connectivity index is 1.62. The number of benzene rings is 2. The van der Waals surface area contributed by atoms with E-state index < -0.39 is 0 Å². The zero-order valence-corrected chi connectivity index (χ0v) is 13.4. The van der Waals surface area contributed by atoms with Gasteiger partial charge in [0, 0.05) is 5.56 Å². The summed E-state index contributed by atoms with van der Waals surface area (Å²) in [5, 5.41) is 2.86. The van der Waals surface area contributed by atoms with Crippen LogP contribution in [0.4, 0.5) is 5.69 Å². The van der Waals surface area contributed by atoms with Crippen molar-refractivity contribution >= 4 is 11.6 Å². The molecule has 3 rings (SSSR count). The Morgan fingerprint density at radius 1 is 1.00 bits per heavy atom. The zero-order chi connectivity index (χ0) is 16.8. The summed E-state index contributed by atoms with van der Waals surface area (Å²) in [7, 11) is 1.62. The molecule has 1 heterocycles. The lowest BCUT2D eigenvalue weighted by Crippen LogP contribution is -2.14. The number of rotatable bonds is 5. The smallest absolute Gasteiger partial charge is 0.228 e. The summed E-state index contributed by atoms with van der Waals surface area (Å²) in [4.78, 5) is 16.5. The zero-order valence-electron chi connectivity index (χ0n) is 13.4. The molecule has 2 aromatic carbocycles. The van der Waals surface area contributed by atoms with Crippen LogP contribution in [-0.4, -0.2) is 18.0 Å². The highest BCUT2D eigenvalue weighted by atomic mass is 16.5. The van der Waals surface area contributed by atoms with Gasteiger partial charge in [-0.05, 0) is 29.8 Å². The van der Waals surface area contributed by atoms with Crippen molar-refractivity contribution in [3.8, 4) is 17.0 Å². The van der Waals surface area contributed by atoms with Crippen molar-refractivity contribution in [1.29, 1.82) is 0 Å². The summed E-state index contributed by atoms with van der Waals surface area (Å²) < 4.78 is 5.11. The number of nitrogens with zero attached hydrogens (tertiary/aromatic N) is 1. The normalized spacial score (nSPS) is 10.2. The van der Waals surface area contributed by atoms with Crippen LogP contribution in [0.25, 0.3) is 11.3 Å². The topological polar surface area (TPSA) is 51.2 Å². The van der Waals surface area contributed by atoms with Crippen molar-refractivity contribution in [2.75, 3.05) is 12.4 Å². The monoisotopic (exact) mass is 318 g/mol. The third-order valence-electron chi connectivity index (χ3n) is 3.64.